The van der Waals surface area contributed by atoms with Crippen molar-refractivity contribution < 1.29 is 4.79 Å². The van der Waals surface area contributed by atoms with Crippen molar-refractivity contribution in [3.8, 4) is 16.9 Å². The van der Waals surface area contributed by atoms with E-state index in [9.17, 15) is 4.79 Å². The number of nitrogens with zero attached hydrogens (tertiary/aromatic N) is 3. The Bertz CT molecular complexity index is 1180. The van der Waals surface area contributed by atoms with Crippen LogP contribution in [-0.2, 0) is 6.42 Å². The van der Waals surface area contributed by atoms with Crippen LogP contribution in [0.4, 0.5) is 0 Å². The van der Waals surface area contributed by atoms with Gasteiger partial charge in [-0.2, -0.15) is 5.10 Å². The minimum atomic E-state index is -0.116. The van der Waals surface area contributed by atoms with Crippen LogP contribution in [-0.4, -0.2) is 27.2 Å². The van der Waals surface area contributed by atoms with Crippen LogP contribution < -0.4 is 5.32 Å². The van der Waals surface area contributed by atoms with Crippen molar-refractivity contribution in [2.45, 2.75) is 27.2 Å². The zero-order valence-electron chi connectivity index (χ0n) is 17.3. The summed E-state index contributed by atoms with van der Waals surface area (Å²) in [6.45, 7) is 6.62. The maximum Gasteiger partial charge on any atom is 0.255 e. The summed E-state index contributed by atoms with van der Waals surface area (Å²) in [5.41, 5.74) is 5.28. The molecule has 1 amide bonds. The Hall–Kier alpha value is -3.25. The van der Waals surface area contributed by atoms with Gasteiger partial charge in [0.15, 0.2) is 0 Å². The molecule has 4 rings (SSSR count). The molecule has 0 aliphatic rings. The topological polar surface area (TPSA) is 59.8 Å². The molecule has 152 valence electrons. The average Bonchev–Trinajstić information content (AvgIpc) is 3.32. The van der Waals surface area contributed by atoms with Crippen LogP contribution in [0.1, 0.15) is 31.5 Å². The van der Waals surface area contributed by atoms with Crippen LogP contribution in [0.3, 0.4) is 0 Å². The lowest BCUT2D eigenvalue weighted by Gasteiger charge is -2.07. The molecule has 2 aromatic carbocycles. The van der Waals surface area contributed by atoms with Crippen molar-refractivity contribution in [1.29, 1.82) is 0 Å². The quantitative estimate of drug-likeness (QED) is 0.487. The fourth-order valence-corrected chi connectivity index (χ4v) is 4.42. The first-order valence-electron chi connectivity index (χ1n) is 9.95. The van der Waals surface area contributed by atoms with E-state index in [1.54, 1.807) is 16.0 Å². The minimum Gasteiger partial charge on any atom is -0.352 e. The highest BCUT2D eigenvalue weighted by Gasteiger charge is 2.19. The molecule has 0 unspecified atom stereocenters. The van der Waals surface area contributed by atoms with E-state index in [1.165, 1.54) is 4.88 Å². The van der Waals surface area contributed by atoms with Crippen LogP contribution in [0.2, 0.25) is 0 Å². The lowest BCUT2D eigenvalue weighted by molar-refractivity contribution is 0.0955. The predicted molar refractivity (Wildman–Crippen MR) is 121 cm³/mol. The number of amides is 1. The number of aryl methyl sites for hydroxylation is 3. The van der Waals surface area contributed by atoms with E-state index >= 15 is 0 Å². The Morgan fingerprint density at radius 3 is 2.47 bits per heavy atom. The summed E-state index contributed by atoms with van der Waals surface area (Å²) in [7, 11) is 0. The largest absolute Gasteiger partial charge is 0.352 e. The van der Waals surface area contributed by atoms with Crippen molar-refractivity contribution in [1.82, 2.24) is 20.1 Å². The molecule has 6 heteroatoms. The lowest BCUT2D eigenvalue weighted by atomic mass is 10.0. The Morgan fingerprint density at radius 2 is 1.77 bits per heavy atom. The van der Waals surface area contributed by atoms with Crippen molar-refractivity contribution in [2.75, 3.05) is 6.54 Å². The first kappa shape index (κ1) is 20.0. The van der Waals surface area contributed by atoms with Gasteiger partial charge in [-0.15, -0.1) is 11.3 Å². The highest BCUT2D eigenvalue weighted by molar-refractivity contribution is 7.11. The summed E-state index contributed by atoms with van der Waals surface area (Å²) < 4.78 is 1.77. The molecule has 0 atom stereocenters. The van der Waals surface area contributed by atoms with Gasteiger partial charge in [-0.05, 0) is 38.5 Å². The van der Waals surface area contributed by atoms with Gasteiger partial charge in [0.2, 0.25) is 0 Å². The van der Waals surface area contributed by atoms with E-state index in [0.29, 0.717) is 17.8 Å². The SMILES string of the molecule is Cc1nc(C)c(CCNC(=O)c2cn(-c3ccccc3)nc2-c2ccccc2C)s1. The fourth-order valence-electron chi connectivity index (χ4n) is 3.48. The first-order valence-corrected chi connectivity index (χ1v) is 10.8. The maximum atomic E-state index is 13.1. The molecule has 0 aliphatic heterocycles. The average molecular weight is 417 g/mol. The number of para-hydroxylation sites is 1. The highest BCUT2D eigenvalue weighted by Crippen LogP contribution is 2.26. The number of hydrogen-bond donors (Lipinski definition) is 1. The molecule has 0 aliphatic carbocycles. The number of hydrogen-bond acceptors (Lipinski definition) is 4. The molecule has 30 heavy (non-hydrogen) atoms. The molecule has 0 saturated heterocycles. The van der Waals surface area contributed by atoms with Crippen LogP contribution in [0.15, 0.2) is 60.8 Å². The van der Waals surface area contributed by atoms with Gasteiger partial charge in [0.1, 0.15) is 5.69 Å². The molecule has 2 aromatic heterocycles. The Labute approximate surface area is 180 Å². The third kappa shape index (κ3) is 4.19. The highest BCUT2D eigenvalue weighted by atomic mass is 32.1. The summed E-state index contributed by atoms with van der Waals surface area (Å²) >= 11 is 1.69. The van der Waals surface area contributed by atoms with Crippen molar-refractivity contribution >= 4 is 17.2 Å². The molecular weight excluding hydrogens is 392 g/mol. The zero-order chi connectivity index (χ0) is 21.1. The Kier molecular flexibility index (Phi) is 5.77. The normalized spacial score (nSPS) is 10.9. The third-order valence-electron chi connectivity index (χ3n) is 5.02. The molecule has 0 radical (unpaired) electrons. The molecular formula is C24H24N4OS. The van der Waals surface area contributed by atoms with E-state index in [1.807, 2.05) is 81.6 Å². The van der Waals surface area contributed by atoms with Gasteiger partial charge in [0.05, 0.1) is 22.0 Å². The maximum absolute atomic E-state index is 13.1. The van der Waals surface area contributed by atoms with Crippen LogP contribution in [0.25, 0.3) is 16.9 Å². The molecule has 4 aromatic rings. The number of benzene rings is 2. The van der Waals surface area contributed by atoms with Crippen LogP contribution in [0, 0.1) is 20.8 Å². The van der Waals surface area contributed by atoms with Gasteiger partial charge in [-0.25, -0.2) is 9.67 Å². The molecule has 2 heterocycles. The number of rotatable bonds is 6. The second-order valence-corrected chi connectivity index (χ2v) is 8.52. The van der Waals surface area contributed by atoms with Crippen LogP contribution in [0.5, 0.6) is 0 Å². The summed E-state index contributed by atoms with van der Waals surface area (Å²) in [4.78, 5) is 18.8. The molecule has 0 bridgehead atoms. The second-order valence-electron chi connectivity index (χ2n) is 7.23. The number of aromatic nitrogens is 3. The van der Waals surface area contributed by atoms with E-state index < -0.39 is 0 Å². The molecule has 0 spiro atoms. The van der Waals surface area contributed by atoms with E-state index in [4.69, 9.17) is 5.10 Å². The number of carbonyl (C=O) groups excluding carboxylic acids is 1. The van der Waals surface area contributed by atoms with Crippen LogP contribution >= 0.6 is 11.3 Å². The van der Waals surface area contributed by atoms with Gasteiger partial charge >= 0.3 is 0 Å². The van der Waals surface area contributed by atoms with Crippen molar-refractivity contribution in [3.05, 3.63) is 87.5 Å². The Balaban J connectivity index is 1.62. The molecule has 0 saturated carbocycles. The summed E-state index contributed by atoms with van der Waals surface area (Å²) in [6.07, 6.45) is 2.59. The predicted octanol–water partition coefficient (Wildman–Crippen LogP) is 4.89. The fraction of sp³-hybridized carbons (Fsp3) is 0.208. The van der Waals surface area contributed by atoms with Gasteiger partial charge in [0, 0.05) is 29.6 Å². The first-order chi connectivity index (χ1) is 14.5. The standard InChI is InChI=1S/C24H24N4OS/c1-16-9-7-8-12-20(16)23-21(15-28(27-23)19-10-5-4-6-11-19)24(29)25-14-13-22-17(2)26-18(3)30-22/h4-12,15H,13-14H2,1-3H3,(H,25,29). The number of thiazole rings is 1. The molecule has 5 nitrogen and oxygen atoms in total. The summed E-state index contributed by atoms with van der Waals surface area (Å²) in [6, 6.07) is 17.9. The smallest absolute Gasteiger partial charge is 0.255 e. The number of carbonyl (C=O) groups is 1. The molecule has 0 fully saturated rings. The van der Waals surface area contributed by atoms with Gasteiger partial charge < -0.3 is 5.32 Å². The lowest BCUT2D eigenvalue weighted by Crippen LogP contribution is -2.25. The van der Waals surface area contributed by atoms with Crippen molar-refractivity contribution in [3.63, 3.8) is 0 Å². The van der Waals surface area contributed by atoms with E-state index in [-0.39, 0.29) is 5.91 Å². The monoisotopic (exact) mass is 416 g/mol. The molecule has 1 N–H and O–H groups in total. The Morgan fingerprint density at radius 1 is 1.03 bits per heavy atom. The number of nitrogens with one attached hydrogen (secondary N) is 1. The zero-order valence-corrected chi connectivity index (χ0v) is 18.2. The summed E-state index contributed by atoms with van der Waals surface area (Å²) in [5, 5.41) is 8.88. The van der Waals surface area contributed by atoms with E-state index in [2.05, 4.69) is 10.3 Å². The second kappa shape index (κ2) is 8.63. The van der Waals surface area contributed by atoms with Gasteiger partial charge in [-0.3, -0.25) is 4.79 Å². The minimum absolute atomic E-state index is 0.116. The summed E-state index contributed by atoms with van der Waals surface area (Å²) in [5.74, 6) is -0.116. The third-order valence-corrected chi connectivity index (χ3v) is 6.15. The van der Waals surface area contributed by atoms with Crippen molar-refractivity contribution in [2.24, 2.45) is 0 Å². The van der Waals surface area contributed by atoms with E-state index in [0.717, 1.165) is 33.9 Å². The van der Waals surface area contributed by atoms with Gasteiger partial charge in [-0.1, -0.05) is 42.5 Å². The van der Waals surface area contributed by atoms with Gasteiger partial charge in [0.25, 0.3) is 5.91 Å².